The molecule has 1 fully saturated rings. The highest BCUT2D eigenvalue weighted by Gasteiger charge is 2.38. The van der Waals surface area contributed by atoms with Crippen LogP contribution in [0.1, 0.15) is 58.9 Å². The number of hydrogen-bond acceptors (Lipinski definition) is 1. The number of allylic oxidation sites excluding steroid dienone is 1. The summed E-state index contributed by atoms with van der Waals surface area (Å²) in [5.74, 6) is 0. The van der Waals surface area contributed by atoms with Gasteiger partial charge in [0.05, 0.1) is 0 Å². The molecule has 0 aromatic heterocycles. The van der Waals surface area contributed by atoms with Crippen LogP contribution in [0.2, 0.25) is 0 Å². The largest absolute Gasteiger partial charge is 0.368 e. The predicted octanol–water partition coefficient (Wildman–Crippen LogP) is 5.18. The second-order valence-electron chi connectivity index (χ2n) is 7.26. The Morgan fingerprint density at radius 1 is 1.00 bits per heavy atom. The molecule has 1 aliphatic heterocycles. The van der Waals surface area contributed by atoms with E-state index in [1.807, 2.05) is 0 Å². The van der Waals surface area contributed by atoms with Gasteiger partial charge in [-0.15, -0.1) is 0 Å². The molecule has 0 aliphatic carbocycles. The van der Waals surface area contributed by atoms with Crippen molar-refractivity contribution in [2.75, 3.05) is 0 Å². The zero-order valence-electron chi connectivity index (χ0n) is 13.5. The minimum Gasteiger partial charge on any atom is -0.368 e. The molecule has 1 aromatic rings. The maximum atomic E-state index is 2.58. The Labute approximate surface area is 124 Å². The van der Waals surface area contributed by atoms with Crippen molar-refractivity contribution in [1.82, 2.24) is 4.90 Å². The molecule has 0 bridgehead atoms. The molecule has 0 unspecified atom stereocenters. The molecule has 0 atom stereocenters. The zero-order valence-corrected chi connectivity index (χ0v) is 13.5. The van der Waals surface area contributed by atoms with E-state index in [1.54, 1.807) is 0 Å². The van der Waals surface area contributed by atoms with Crippen LogP contribution in [0.4, 0.5) is 0 Å². The van der Waals surface area contributed by atoms with Crippen molar-refractivity contribution in [3.05, 3.63) is 48.2 Å². The lowest BCUT2D eigenvalue weighted by atomic mass is 9.80. The summed E-state index contributed by atoms with van der Waals surface area (Å²) in [4.78, 5) is 2.58. The molecule has 2 rings (SSSR count). The molecule has 1 aromatic carbocycles. The number of rotatable bonds is 4. The van der Waals surface area contributed by atoms with Crippen LogP contribution >= 0.6 is 0 Å². The van der Waals surface area contributed by atoms with Crippen LogP contribution in [0.3, 0.4) is 0 Å². The SMILES string of the molecule is CC1(C)CCCC(C)(C)N1/C=C/CCc1ccccc1. The van der Waals surface area contributed by atoms with Crippen LogP contribution in [0, 0.1) is 0 Å². The van der Waals surface area contributed by atoms with E-state index >= 15 is 0 Å². The second-order valence-corrected chi connectivity index (χ2v) is 7.26. The van der Waals surface area contributed by atoms with Gasteiger partial charge < -0.3 is 4.90 Å². The average molecular weight is 271 g/mol. The molecular formula is C19H29N. The first-order valence-electron chi connectivity index (χ1n) is 7.92. The van der Waals surface area contributed by atoms with E-state index < -0.39 is 0 Å². The fraction of sp³-hybridized carbons (Fsp3) is 0.579. The molecule has 0 spiro atoms. The monoisotopic (exact) mass is 271 g/mol. The molecule has 1 heterocycles. The number of benzene rings is 1. The summed E-state index contributed by atoms with van der Waals surface area (Å²) >= 11 is 0. The maximum absolute atomic E-state index is 2.58. The van der Waals surface area contributed by atoms with Gasteiger partial charge in [-0.1, -0.05) is 36.4 Å². The fourth-order valence-corrected chi connectivity index (χ4v) is 3.49. The molecule has 1 heteroatoms. The van der Waals surface area contributed by atoms with Gasteiger partial charge in [-0.3, -0.25) is 0 Å². The third-order valence-electron chi connectivity index (χ3n) is 4.58. The number of aryl methyl sites for hydroxylation is 1. The standard InChI is InChI=1S/C19H29N/c1-18(2)14-10-15-19(3,4)20(18)16-9-8-13-17-11-6-5-7-12-17/h5-7,9,11-12,16H,8,10,13-15H2,1-4H3/b16-9+. The summed E-state index contributed by atoms with van der Waals surface area (Å²) in [6, 6.07) is 10.7. The fourth-order valence-electron chi connectivity index (χ4n) is 3.49. The van der Waals surface area contributed by atoms with Crippen LogP contribution in [0.25, 0.3) is 0 Å². The van der Waals surface area contributed by atoms with Crippen LogP contribution in [0.15, 0.2) is 42.6 Å². The van der Waals surface area contributed by atoms with Crippen LogP contribution in [0.5, 0.6) is 0 Å². The van der Waals surface area contributed by atoms with Gasteiger partial charge in [0.1, 0.15) is 0 Å². The van der Waals surface area contributed by atoms with Gasteiger partial charge in [-0.2, -0.15) is 0 Å². The van der Waals surface area contributed by atoms with Crippen LogP contribution < -0.4 is 0 Å². The first kappa shape index (κ1) is 15.2. The van der Waals surface area contributed by atoms with Crippen LogP contribution in [-0.2, 0) is 6.42 Å². The topological polar surface area (TPSA) is 3.24 Å². The number of nitrogens with zero attached hydrogens (tertiary/aromatic N) is 1. The normalized spacial score (nSPS) is 21.3. The molecule has 0 saturated carbocycles. The van der Waals surface area contributed by atoms with E-state index in [4.69, 9.17) is 0 Å². The summed E-state index contributed by atoms with van der Waals surface area (Å²) in [5, 5.41) is 0. The Bertz CT molecular complexity index is 426. The smallest absolute Gasteiger partial charge is 0.0346 e. The first-order valence-corrected chi connectivity index (χ1v) is 7.92. The molecule has 110 valence electrons. The third-order valence-corrected chi connectivity index (χ3v) is 4.58. The van der Waals surface area contributed by atoms with Crippen molar-refractivity contribution >= 4 is 0 Å². The summed E-state index contributed by atoms with van der Waals surface area (Å²) in [5.41, 5.74) is 1.99. The molecule has 0 amide bonds. The van der Waals surface area contributed by atoms with Gasteiger partial charge in [0.15, 0.2) is 0 Å². The van der Waals surface area contributed by atoms with E-state index in [0.717, 1.165) is 12.8 Å². The summed E-state index contributed by atoms with van der Waals surface area (Å²) in [6.07, 6.45) is 10.9. The Hall–Kier alpha value is -1.24. The second kappa shape index (κ2) is 6.03. The Morgan fingerprint density at radius 3 is 2.20 bits per heavy atom. The number of hydrogen-bond donors (Lipinski definition) is 0. The Kier molecular flexibility index (Phi) is 4.57. The van der Waals surface area contributed by atoms with Crippen LogP contribution in [-0.4, -0.2) is 16.0 Å². The van der Waals surface area contributed by atoms with Crippen molar-refractivity contribution in [1.29, 1.82) is 0 Å². The van der Waals surface area contributed by atoms with Gasteiger partial charge >= 0.3 is 0 Å². The predicted molar refractivity (Wildman–Crippen MR) is 87.8 cm³/mol. The number of piperidine rings is 1. The van der Waals surface area contributed by atoms with E-state index in [2.05, 4.69) is 75.2 Å². The highest BCUT2D eigenvalue weighted by molar-refractivity contribution is 5.15. The molecule has 1 saturated heterocycles. The van der Waals surface area contributed by atoms with E-state index in [9.17, 15) is 0 Å². The van der Waals surface area contributed by atoms with E-state index in [-0.39, 0.29) is 11.1 Å². The van der Waals surface area contributed by atoms with Gasteiger partial charge in [0.2, 0.25) is 0 Å². The van der Waals surface area contributed by atoms with Gasteiger partial charge in [0, 0.05) is 11.1 Å². The number of likely N-dealkylation sites (tertiary alicyclic amines) is 1. The quantitative estimate of drug-likeness (QED) is 0.729. The highest BCUT2D eigenvalue weighted by Crippen LogP contribution is 2.38. The molecular weight excluding hydrogens is 242 g/mol. The van der Waals surface area contributed by atoms with Crippen molar-refractivity contribution in [2.24, 2.45) is 0 Å². The minimum absolute atomic E-state index is 0.283. The lowest BCUT2D eigenvalue weighted by molar-refractivity contribution is 0.0189. The maximum Gasteiger partial charge on any atom is 0.0346 e. The lowest BCUT2D eigenvalue weighted by Gasteiger charge is -2.52. The van der Waals surface area contributed by atoms with Gasteiger partial charge in [-0.25, -0.2) is 0 Å². The molecule has 20 heavy (non-hydrogen) atoms. The molecule has 1 aliphatic rings. The third kappa shape index (κ3) is 3.65. The van der Waals surface area contributed by atoms with Gasteiger partial charge in [-0.05, 0) is 71.6 Å². The summed E-state index contributed by atoms with van der Waals surface area (Å²) in [6.45, 7) is 9.48. The van der Waals surface area contributed by atoms with Crippen molar-refractivity contribution in [2.45, 2.75) is 70.9 Å². The van der Waals surface area contributed by atoms with E-state index in [1.165, 1.54) is 24.8 Å². The summed E-state index contributed by atoms with van der Waals surface area (Å²) in [7, 11) is 0. The van der Waals surface area contributed by atoms with Crippen molar-refractivity contribution in [3.8, 4) is 0 Å². The minimum atomic E-state index is 0.283. The van der Waals surface area contributed by atoms with Crippen molar-refractivity contribution in [3.63, 3.8) is 0 Å². The lowest BCUT2D eigenvalue weighted by Crippen LogP contribution is -2.55. The zero-order chi connectivity index (χ0) is 14.6. The molecule has 0 radical (unpaired) electrons. The van der Waals surface area contributed by atoms with Crippen molar-refractivity contribution < 1.29 is 0 Å². The summed E-state index contributed by atoms with van der Waals surface area (Å²) < 4.78 is 0. The Morgan fingerprint density at radius 2 is 1.60 bits per heavy atom. The molecule has 1 nitrogen and oxygen atoms in total. The first-order chi connectivity index (χ1) is 9.42. The Balaban J connectivity index is 1.95. The highest BCUT2D eigenvalue weighted by atomic mass is 15.2. The van der Waals surface area contributed by atoms with E-state index in [0.29, 0.717) is 0 Å². The average Bonchev–Trinajstić information content (AvgIpc) is 2.37. The molecule has 0 N–H and O–H groups in total. The van der Waals surface area contributed by atoms with Gasteiger partial charge in [0.25, 0.3) is 0 Å².